The molecule has 2 aromatic carbocycles. The van der Waals surface area contributed by atoms with Gasteiger partial charge in [-0.15, -0.1) is 0 Å². The van der Waals surface area contributed by atoms with Gasteiger partial charge in [-0.1, -0.05) is 42.8 Å². The zero-order chi connectivity index (χ0) is 15.4. The molecule has 2 nitrogen and oxygen atoms in total. The highest BCUT2D eigenvalue weighted by Crippen LogP contribution is 2.21. The van der Waals surface area contributed by atoms with Crippen molar-refractivity contribution in [2.45, 2.75) is 33.2 Å². The van der Waals surface area contributed by atoms with Crippen molar-refractivity contribution in [3.05, 3.63) is 69.7 Å². The third-order valence-corrected chi connectivity index (χ3v) is 3.97. The van der Waals surface area contributed by atoms with Gasteiger partial charge >= 0.3 is 0 Å². The highest BCUT2D eigenvalue weighted by molar-refractivity contribution is 6.30. The Labute approximate surface area is 131 Å². The van der Waals surface area contributed by atoms with Gasteiger partial charge in [0.1, 0.15) is 0 Å². The fourth-order valence-electron chi connectivity index (χ4n) is 2.27. The third-order valence-electron chi connectivity index (χ3n) is 3.73. The Morgan fingerprint density at radius 3 is 2.52 bits per heavy atom. The Hall–Kier alpha value is -1.80. The summed E-state index contributed by atoms with van der Waals surface area (Å²) in [6.07, 6.45) is 0.842. The van der Waals surface area contributed by atoms with Gasteiger partial charge in [-0.05, 0) is 55.2 Å². The molecule has 0 heterocycles. The molecule has 1 amide bonds. The van der Waals surface area contributed by atoms with Crippen LogP contribution in [-0.4, -0.2) is 5.91 Å². The Morgan fingerprint density at radius 2 is 1.90 bits per heavy atom. The van der Waals surface area contributed by atoms with Crippen molar-refractivity contribution >= 4 is 17.5 Å². The second-order valence-corrected chi connectivity index (χ2v) is 5.72. The van der Waals surface area contributed by atoms with Crippen molar-refractivity contribution in [3.63, 3.8) is 0 Å². The van der Waals surface area contributed by atoms with Crippen LogP contribution in [0.3, 0.4) is 0 Å². The molecule has 1 atom stereocenters. The van der Waals surface area contributed by atoms with E-state index < -0.39 is 0 Å². The number of carbonyl (C=O) groups excluding carboxylic acids is 1. The van der Waals surface area contributed by atoms with Crippen LogP contribution in [0.4, 0.5) is 0 Å². The highest BCUT2D eigenvalue weighted by atomic mass is 35.5. The molecule has 1 N–H and O–H groups in total. The lowest BCUT2D eigenvalue weighted by molar-refractivity contribution is 0.0935. The Bertz CT molecular complexity index is 651. The normalized spacial score (nSPS) is 12.0. The molecule has 2 rings (SSSR count). The summed E-state index contributed by atoms with van der Waals surface area (Å²) in [4.78, 5) is 12.3. The molecule has 21 heavy (non-hydrogen) atoms. The molecular formula is C18H20ClNO. The van der Waals surface area contributed by atoms with Crippen LogP contribution >= 0.6 is 11.6 Å². The molecular weight excluding hydrogens is 282 g/mol. The van der Waals surface area contributed by atoms with Crippen molar-refractivity contribution in [1.29, 1.82) is 0 Å². The van der Waals surface area contributed by atoms with Crippen LogP contribution in [-0.2, 0) is 0 Å². The molecule has 0 unspecified atom stereocenters. The van der Waals surface area contributed by atoms with E-state index in [1.54, 1.807) is 24.3 Å². The monoisotopic (exact) mass is 301 g/mol. The number of hydrogen-bond donors (Lipinski definition) is 1. The zero-order valence-electron chi connectivity index (χ0n) is 12.6. The van der Waals surface area contributed by atoms with E-state index in [0.29, 0.717) is 10.6 Å². The van der Waals surface area contributed by atoms with Crippen LogP contribution in [0.1, 0.15) is 46.4 Å². The minimum absolute atomic E-state index is 0.00998. The summed E-state index contributed by atoms with van der Waals surface area (Å²) < 4.78 is 0. The van der Waals surface area contributed by atoms with Crippen LogP contribution in [0.15, 0.2) is 42.5 Å². The largest absolute Gasteiger partial charge is 0.345 e. The average molecular weight is 302 g/mol. The van der Waals surface area contributed by atoms with Crippen molar-refractivity contribution < 1.29 is 4.79 Å². The summed E-state index contributed by atoms with van der Waals surface area (Å²) >= 11 is 5.93. The number of nitrogens with one attached hydrogen (secondary N) is 1. The first-order valence-corrected chi connectivity index (χ1v) is 7.52. The predicted octanol–water partition coefficient (Wildman–Crippen LogP) is 4.84. The topological polar surface area (TPSA) is 29.1 Å². The number of amides is 1. The van der Waals surface area contributed by atoms with E-state index in [-0.39, 0.29) is 11.9 Å². The maximum absolute atomic E-state index is 12.3. The predicted molar refractivity (Wildman–Crippen MR) is 87.9 cm³/mol. The van der Waals surface area contributed by atoms with E-state index in [9.17, 15) is 4.79 Å². The van der Waals surface area contributed by atoms with E-state index in [2.05, 4.69) is 44.3 Å². The maximum Gasteiger partial charge on any atom is 0.251 e. The first-order chi connectivity index (χ1) is 10.0. The van der Waals surface area contributed by atoms with Gasteiger partial charge in [0, 0.05) is 10.6 Å². The van der Waals surface area contributed by atoms with Gasteiger partial charge in [-0.3, -0.25) is 4.79 Å². The summed E-state index contributed by atoms with van der Waals surface area (Å²) in [5, 5.41) is 3.65. The van der Waals surface area contributed by atoms with Crippen LogP contribution in [0.2, 0.25) is 5.02 Å². The SMILES string of the molecule is CC[C@@H](NC(=O)c1cccc(Cl)c1)c1ccc(C)c(C)c1. The van der Waals surface area contributed by atoms with Crippen molar-refractivity contribution in [1.82, 2.24) is 5.32 Å². The molecule has 0 aliphatic rings. The van der Waals surface area contributed by atoms with Crippen LogP contribution < -0.4 is 5.32 Å². The lowest BCUT2D eigenvalue weighted by Crippen LogP contribution is -2.28. The number of rotatable bonds is 4. The van der Waals surface area contributed by atoms with Gasteiger partial charge in [-0.25, -0.2) is 0 Å². The number of hydrogen-bond acceptors (Lipinski definition) is 1. The van der Waals surface area contributed by atoms with Crippen LogP contribution in [0.25, 0.3) is 0 Å². The molecule has 0 bridgehead atoms. The highest BCUT2D eigenvalue weighted by Gasteiger charge is 2.14. The molecule has 0 aromatic heterocycles. The number of benzene rings is 2. The van der Waals surface area contributed by atoms with E-state index in [4.69, 9.17) is 11.6 Å². The Morgan fingerprint density at radius 1 is 1.14 bits per heavy atom. The van der Waals surface area contributed by atoms with Gasteiger partial charge in [0.05, 0.1) is 6.04 Å². The lowest BCUT2D eigenvalue weighted by Gasteiger charge is -2.18. The number of halogens is 1. The van der Waals surface area contributed by atoms with E-state index in [0.717, 1.165) is 12.0 Å². The molecule has 0 aliphatic carbocycles. The number of aryl methyl sites for hydroxylation is 2. The van der Waals surface area contributed by atoms with Crippen LogP contribution in [0.5, 0.6) is 0 Å². The maximum atomic E-state index is 12.3. The summed E-state index contributed by atoms with van der Waals surface area (Å²) in [6, 6.07) is 13.3. The molecule has 0 radical (unpaired) electrons. The molecule has 0 saturated heterocycles. The quantitative estimate of drug-likeness (QED) is 0.860. The summed E-state index contributed by atoms with van der Waals surface area (Å²) in [6.45, 7) is 6.24. The van der Waals surface area contributed by atoms with Crippen molar-refractivity contribution in [2.24, 2.45) is 0 Å². The summed E-state index contributed by atoms with van der Waals surface area (Å²) in [5.74, 6) is -0.0948. The molecule has 0 aliphatic heterocycles. The molecule has 0 saturated carbocycles. The van der Waals surface area contributed by atoms with Gasteiger partial charge in [-0.2, -0.15) is 0 Å². The first-order valence-electron chi connectivity index (χ1n) is 7.15. The Kier molecular flexibility index (Phi) is 5.03. The van der Waals surface area contributed by atoms with E-state index in [1.165, 1.54) is 11.1 Å². The third kappa shape index (κ3) is 3.85. The molecule has 0 spiro atoms. The van der Waals surface area contributed by atoms with Gasteiger partial charge < -0.3 is 5.32 Å². The molecule has 0 fully saturated rings. The van der Waals surface area contributed by atoms with E-state index >= 15 is 0 Å². The molecule has 3 heteroatoms. The minimum atomic E-state index is -0.0948. The number of carbonyl (C=O) groups is 1. The fraction of sp³-hybridized carbons (Fsp3) is 0.278. The van der Waals surface area contributed by atoms with E-state index in [1.807, 2.05) is 0 Å². The van der Waals surface area contributed by atoms with Gasteiger partial charge in [0.2, 0.25) is 0 Å². The standard InChI is InChI=1S/C18H20ClNO/c1-4-17(14-9-8-12(2)13(3)10-14)20-18(21)15-6-5-7-16(19)11-15/h5-11,17H,4H2,1-3H3,(H,20,21)/t17-/m1/s1. The zero-order valence-corrected chi connectivity index (χ0v) is 13.4. The summed E-state index contributed by atoms with van der Waals surface area (Å²) in [7, 11) is 0. The van der Waals surface area contributed by atoms with Crippen molar-refractivity contribution in [3.8, 4) is 0 Å². The Balaban J connectivity index is 2.18. The smallest absolute Gasteiger partial charge is 0.251 e. The van der Waals surface area contributed by atoms with Gasteiger partial charge in [0.25, 0.3) is 5.91 Å². The fourth-order valence-corrected chi connectivity index (χ4v) is 2.46. The summed E-state index contributed by atoms with van der Waals surface area (Å²) in [5.41, 5.74) is 4.22. The van der Waals surface area contributed by atoms with Crippen molar-refractivity contribution in [2.75, 3.05) is 0 Å². The molecule has 110 valence electrons. The second kappa shape index (κ2) is 6.77. The lowest BCUT2D eigenvalue weighted by atomic mass is 9.99. The van der Waals surface area contributed by atoms with Gasteiger partial charge in [0.15, 0.2) is 0 Å². The minimum Gasteiger partial charge on any atom is -0.345 e. The first kappa shape index (κ1) is 15.6. The average Bonchev–Trinajstić information content (AvgIpc) is 2.47. The van der Waals surface area contributed by atoms with Crippen LogP contribution in [0, 0.1) is 13.8 Å². The molecule has 2 aromatic rings. The second-order valence-electron chi connectivity index (χ2n) is 5.29.